The van der Waals surface area contributed by atoms with E-state index in [-0.39, 0.29) is 5.70 Å². The van der Waals surface area contributed by atoms with Gasteiger partial charge in [0.25, 0.3) is 5.91 Å². The van der Waals surface area contributed by atoms with E-state index < -0.39 is 11.9 Å². The molecule has 28 heavy (non-hydrogen) atoms. The van der Waals surface area contributed by atoms with Gasteiger partial charge < -0.3 is 14.8 Å². The van der Waals surface area contributed by atoms with E-state index in [1.165, 1.54) is 0 Å². The molecule has 1 fully saturated rings. The average Bonchev–Trinajstić information content (AvgIpc) is 3.01. The second kappa shape index (κ2) is 7.08. The maximum atomic E-state index is 12.9. The number of amides is 3. The first-order valence-electron chi connectivity index (χ1n) is 8.69. The zero-order valence-corrected chi connectivity index (χ0v) is 15.4. The standard InChI is InChI=1S/C22H18N2O4/c1-27-16-10-8-14-9-11-20(28-2)18(17(14)12-16)13-19-21(25)24(22(26)23-19)15-6-4-3-5-7-15/h3-13H,1-2H3,(H,23,26). The van der Waals surface area contributed by atoms with E-state index in [2.05, 4.69) is 5.32 Å². The van der Waals surface area contributed by atoms with Crippen LogP contribution in [-0.2, 0) is 4.79 Å². The Morgan fingerprint density at radius 2 is 1.68 bits per heavy atom. The van der Waals surface area contributed by atoms with Gasteiger partial charge in [-0.05, 0) is 47.2 Å². The number of nitrogens with one attached hydrogen (secondary N) is 1. The summed E-state index contributed by atoms with van der Waals surface area (Å²) in [7, 11) is 3.16. The topological polar surface area (TPSA) is 67.9 Å². The van der Waals surface area contributed by atoms with Crippen molar-refractivity contribution in [3.8, 4) is 11.5 Å². The van der Waals surface area contributed by atoms with Crippen LogP contribution in [0.4, 0.5) is 10.5 Å². The lowest BCUT2D eigenvalue weighted by molar-refractivity contribution is -0.113. The molecular formula is C22H18N2O4. The van der Waals surface area contributed by atoms with E-state index in [4.69, 9.17) is 9.47 Å². The SMILES string of the molecule is COc1ccc2ccc(OC)c(C=C3NC(=O)N(c4ccccc4)C3=O)c2c1. The summed E-state index contributed by atoms with van der Waals surface area (Å²) in [6, 6.07) is 17.8. The first kappa shape index (κ1) is 17.6. The molecule has 0 saturated carbocycles. The van der Waals surface area contributed by atoms with Gasteiger partial charge in [-0.15, -0.1) is 0 Å². The Hall–Kier alpha value is -3.80. The molecule has 0 atom stereocenters. The number of rotatable bonds is 4. The minimum Gasteiger partial charge on any atom is -0.497 e. The molecule has 1 aliphatic rings. The van der Waals surface area contributed by atoms with E-state index in [1.54, 1.807) is 44.6 Å². The molecule has 6 heteroatoms. The normalized spacial score (nSPS) is 15.2. The largest absolute Gasteiger partial charge is 0.497 e. The van der Waals surface area contributed by atoms with Gasteiger partial charge in [-0.1, -0.05) is 30.3 Å². The summed E-state index contributed by atoms with van der Waals surface area (Å²) < 4.78 is 10.8. The van der Waals surface area contributed by atoms with Gasteiger partial charge in [0.2, 0.25) is 0 Å². The highest BCUT2D eigenvalue weighted by Crippen LogP contribution is 2.33. The van der Waals surface area contributed by atoms with Crippen molar-refractivity contribution in [2.75, 3.05) is 19.1 Å². The maximum absolute atomic E-state index is 12.9. The maximum Gasteiger partial charge on any atom is 0.333 e. The molecule has 3 amide bonds. The third kappa shape index (κ3) is 2.95. The Morgan fingerprint density at radius 3 is 2.39 bits per heavy atom. The van der Waals surface area contributed by atoms with E-state index in [9.17, 15) is 9.59 Å². The second-order valence-corrected chi connectivity index (χ2v) is 6.23. The number of hydrogen-bond acceptors (Lipinski definition) is 4. The van der Waals surface area contributed by atoms with Crippen LogP contribution in [0.5, 0.6) is 11.5 Å². The Kier molecular flexibility index (Phi) is 4.45. The first-order valence-corrected chi connectivity index (χ1v) is 8.69. The number of anilines is 1. The number of fused-ring (bicyclic) bond motifs is 1. The van der Waals surface area contributed by atoms with Gasteiger partial charge >= 0.3 is 6.03 Å². The number of urea groups is 1. The number of carbonyl (C=O) groups excluding carboxylic acids is 2. The Balaban J connectivity index is 1.83. The van der Waals surface area contributed by atoms with Crippen LogP contribution in [0.3, 0.4) is 0 Å². The van der Waals surface area contributed by atoms with Crippen LogP contribution in [0.2, 0.25) is 0 Å². The fraction of sp³-hybridized carbons (Fsp3) is 0.0909. The molecule has 0 spiro atoms. The smallest absolute Gasteiger partial charge is 0.333 e. The molecule has 1 heterocycles. The number of nitrogens with zero attached hydrogens (tertiary/aromatic N) is 1. The van der Waals surface area contributed by atoms with Crippen molar-refractivity contribution < 1.29 is 19.1 Å². The van der Waals surface area contributed by atoms with Gasteiger partial charge in [0, 0.05) is 5.56 Å². The number of benzene rings is 3. The van der Waals surface area contributed by atoms with Crippen LogP contribution < -0.4 is 19.7 Å². The molecule has 4 rings (SSSR count). The molecule has 0 unspecified atom stereocenters. The Labute approximate surface area is 162 Å². The molecule has 6 nitrogen and oxygen atoms in total. The summed E-state index contributed by atoms with van der Waals surface area (Å²) in [6.45, 7) is 0. The summed E-state index contributed by atoms with van der Waals surface area (Å²) in [5.41, 5.74) is 1.39. The minimum absolute atomic E-state index is 0.183. The van der Waals surface area contributed by atoms with Gasteiger partial charge in [0.15, 0.2) is 0 Å². The van der Waals surface area contributed by atoms with Gasteiger partial charge in [-0.3, -0.25) is 4.79 Å². The molecular weight excluding hydrogens is 356 g/mol. The van der Waals surface area contributed by atoms with Gasteiger partial charge in [0.1, 0.15) is 17.2 Å². The minimum atomic E-state index is -0.487. The van der Waals surface area contributed by atoms with Crippen molar-refractivity contribution in [3.05, 3.63) is 71.9 Å². The van der Waals surface area contributed by atoms with Crippen LogP contribution in [0.25, 0.3) is 16.8 Å². The summed E-state index contributed by atoms with van der Waals surface area (Å²) in [4.78, 5) is 26.4. The van der Waals surface area contributed by atoms with Crippen molar-refractivity contribution in [2.45, 2.75) is 0 Å². The summed E-state index contributed by atoms with van der Waals surface area (Å²) >= 11 is 0. The molecule has 0 radical (unpaired) electrons. The third-order valence-electron chi connectivity index (χ3n) is 4.63. The van der Waals surface area contributed by atoms with E-state index in [1.807, 2.05) is 36.4 Å². The highest BCUT2D eigenvalue weighted by molar-refractivity contribution is 6.28. The molecule has 0 aliphatic carbocycles. The lowest BCUT2D eigenvalue weighted by Gasteiger charge is -2.12. The molecule has 1 N–H and O–H groups in total. The Morgan fingerprint density at radius 1 is 0.929 bits per heavy atom. The number of para-hydroxylation sites is 1. The molecule has 1 saturated heterocycles. The lowest BCUT2D eigenvalue weighted by atomic mass is 10.0. The summed E-state index contributed by atoms with van der Waals surface area (Å²) in [5, 5.41) is 4.47. The van der Waals surface area contributed by atoms with Crippen LogP contribution in [-0.4, -0.2) is 26.2 Å². The highest BCUT2D eigenvalue weighted by atomic mass is 16.5. The predicted octanol–water partition coefficient (Wildman–Crippen LogP) is 3.95. The highest BCUT2D eigenvalue weighted by Gasteiger charge is 2.35. The monoisotopic (exact) mass is 374 g/mol. The second-order valence-electron chi connectivity index (χ2n) is 6.23. The number of hydrogen-bond donors (Lipinski definition) is 1. The van der Waals surface area contributed by atoms with Crippen molar-refractivity contribution in [3.63, 3.8) is 0 Å². The zero-order chi connectivity index (χ0) is 19.7. The average molecular weight is 374 g/mol. The summed E-state index contributed by atoms with van der Waals surface area (Å²) in [6.07, 6.45) is 1.64. The van der Waals surface area contributed by atoms with Gasteiger partial charge in [-0.25, -0.2) is 9.69 Å². The molecule has 140 valence electrons. The Bertz CT molecular complexity index is 1100. The molecule has 0 bridgehead atoms. The van der Waals surface area contributed by atoms with Gasteiger partial charge in [0.05, 0.1) is 19.9 Å². The summed E-state index contributed by atoms with van der Waals surface area (Å²) in [5.74, 6) is 0.861. The first-order chi connectivity index (χ1) is 13.6. The quantitative estimate of drug-likeness (QED) is 0.555. The van der Waals surface area contributed by atoms with Crippen LogP contribution in [0.1, 0.15) is 5.56 Å². The van der Waals surface area contributed by atoms with E-state index >= 15 is 0 Å². The third-order valence-corrected chi connectivity index (χ3v) is 4.63. The molecule has 1 aliphatic heterocycles. The zero-order valence-electron chi connectivity index (χ0n) is 15.4. The van der Waals surface area contributed by atoms with Crippen LogP contribution in [0.15, 0.2) is 66.4 Å². The number of methoxy groups -OCH3 is 2. The van der Waals surface area contributed by atoms with E-state index in [0.717, 1.165) is 15.7 Å². The molecule has 0 aromatic heterocycles. The number of carbonyl (C=O) groups is 2. The van der Waals surface area contributed by atoms with Crippen molar-refractivity contribution in [1.82, 2.24) is 5.32 Å². The van der Waals surface area contributed by atoms with Crippen LogP contribution >= 0.6 is 0 Å². The van der Waals surface area contributed by atoms with Crippen molar-refractivity contribution in [2.24, 2.45) is 0 Å². The predicted molar refractivity (Wildman–Crippen MR) is 107 cm³/mol. The van der Waals surface area contributed by atoms with Crippen molar-refractivity contribution in [1.29, 1.82) is 0 Å². The van der Waals surface area contributed by atoms with E-state index in [0.29, 0.717) is 22.7 Å². The fourth-order valence-corrected chi connectivity index (χ4v) is 3.25. The molecule has 3 aromatic rings. The number of imide groups is 1. The van der Waals surface area contributed by atoms with Gasteiger partial charge in [-0.2, -0.15) is 0 Å². The number of ether oxygens (including phenoxy) is 2. The molecule has 3 aromatic carbocycles. The van der Waals surface area contributed by atoms with Crippen molar-refractivity contribution >= 4 is 34.5 Å². The lowest BCUT2D eigenvalue weighted by Crippen LogP contribution is -2.30. The van der Waals surface area contributed by atoms with Crippen LogP contribution in [0, 0.1) is 0 Å². The fourth-order valence-electron chi connectivity index (χ4n) is 3.25.